The van der Waals surface area contributed by atoms with Crippen molar-refractivity contribution >= 4 is 23.5 Å². The van der Waals surface area contributed by atoms with Crippen LogP contribution < -0.4 is 10.6 Å². The summed E-state index contributed by atoms with van der Waals surface area (Å²) < 4.78 is 5.76. The highest BCUT2D eigenvalue weighted by Crippen LogP contribution is 2.34. The number of anilines is 1. The zero-order chi connectivity index (χ0) is 15.4. The quantitative estimate of drug-likeness (QED) is 0.891. The van der Waals surface area contributed by atoms with Crippen LogP contribution in [0.1, 0.15) is 31.2 Å². The van der Waals surface area contributed by atoms with Crippen LogP contribution in [0.15, 0.2) is 24.3 Å². The van der Waals surface area contributed by atoms with E-state index < -0.39 is 0 Å². The number of urea groups is 1. The molecule has 0 unspecified atom stereocenters. The molecule has 22 heavy (non-hydrogen) atoms. The molecule has 1 aromatic rings. The number of hydrogen-bond donors (Lipinski definition) is 2. The van der Waals surface area contributed by atoms with Crippen molar-refractivity contribution in [3.63, 3.8) is 0 Å². The summed E-state index contributed by atoms with van der Waals surface area (Å²) in [6.45, 7) is 0.839. The van der Waals surface area contributed by atoms with E-state index in [9.17, 15) is 4.79 Å². The molecule has 4 nitrogen and oxygen atoms in total. The second-order valence-electron chi connectivity index (χ2n) is 6.13. The van der Waals surface area contributed by atoms with Crippen molar-refractivity contribution in [1.29, 1.82) is 0 Å². The number of nitrogens with one attached hydrogen (secondary N) is 2. The smallest absolute Gasteiger partial charge is 0.319 e. The minimum atomic E-state index is -0.0983. The van der Waals surface area contributed by atoms with Gasteiger partial charge in [0.25, 0.3) is 0 Å². The summed E-state index contributed by atoms with van der Waals surface area (Å²) in [5.74, 6) is 1.45. The molecule has 3 rings (SSSR count). The first kappa shape index (κ1) is 15.7. The van der Waals surface area contributed by atoms with Crippen LogP contribution in [0.25, 0.3) is 0 Å². The van der Waals surface area contributed by atoms with E-state index >= 15 is 0 Å². The van der Waals surface area contributed by atoms with E-state index in [0.29, 0.717) is 12.0 Å². The number of carbonyl (C=O) groups excluding carboxylic acids is 1. The molecule has 1 aromatic carbocycles. The number of fused-ring (bicyclic) bond motifs is 1. The molecule has 0 aromatic heterocycles. The lowest BCUT2D eigenvalue weighted by Crippen LogP contribution is -2.47. The van der Waals surface area contributed by atoms with Crippen LogP contribution in [0.5, 0.6) is 0 Å². The second kappa shape index (κ2) is 7.38. The van der Waals surface area contributed by atoms with E-state index in [2.05, 4.69) is 23.0 Å². The first-order chi connectivity index (χ1) is 10.8. The Morgan fingerprint density at radius 1 is 1.36 bits per heavy atom. The average molecular weight is 320 g/mol. The molecular weight excluding hydrogens is 296 g/mol. The van der Waals surface area contributed by atoms with Gasteiger partial charge in [-0.25, -0.2) is 4.79 Å². The lowest BCUT2D eigenvalue weighted by Gasteiger charge is -2.33. The molecule has 3 atom stereocenters. The Labute approximate surface area is 136 Å². The van der Waals surface area contributed by atoms with Gasteiger partial charge in [0.2, 0.25) is 0 Å². The van der Waals surface area contributed by atoms with Gasteiger partial charge in [0.1, 0.15) is 0 Å². The fourth-order valence-corrected chi connectivity index (χ4v) is 4.11. The number of hydrogen-bond acceptors (Lipinski definition) is 3. The van der Waals surface area contributed by atoms with Crippen molar-refractivity contribution in [2.45, 2.75) is 43.6 Å². The Hall–Kier alpha value is -1.20. The van der Waals surface area contributed by atoms with E-state index in [1.54, 1.807) is 11.8 Å². The molecule has 120 valence electrons. The third-order valence-electron chi connectivity index (χ3n) is 4.59. The molecular formula is C17H24N2O2S. The van der Waals surface area contributed by atoms with Gasteiger partial charge in [0.05, 0.1) is 6.10 Å². The SMILES string of the molecule is CSCc1cccc(NC(=O)N[C@@H]2CCC[C@@H]3OCC[C@H]32)c1. The lowest BCUT2D eigenvalue weighted by atomic mass is 9.82. The highest BCUT2D eigenvalue weighted by Gasteiger charge is 2.38. The van der Waals surface area contributed by atoms with E-state index in [-0.39, 0.29) is 12.1 Å². The van der Waals surface area contributed by atoms with Gasteiger partial charge in [0, 0.05) is 30.0 Å². The van der Waals surface area contributed by atoms with Crippen LogP contribution in [0.2, 0.25) is 0 Å². The zero-order valence-corrected chi connectivity index (χ0v) is 13.8. The molecule has 2 N–H and O–H groups in total. The number of benzene rings is 1. The van der Waals surface area contributed by atoms with Crippen LogP contribution in [-0.2, 0) is 10.5 Å². The second-order valence-corrected chi connectivity index (χ2v) is 7.00. The van der Waals surface area contributed by atoms with Gasteiger partial charge in [-0.05, 0) is 49.6 Å². The molecule has 0 radical (unpaired) electrons. The van der Waals surface area contributed by atoms with Crippen LogP contribution in [0.4, 0.5) is 10.5 Å². The van der Waals surface area contributed by atoms with Crippen molar-refractivity contribution in [3.8, 4) is 0 Å². The maximum atomic E-state index is 12.3. The normalized spacial score (nSPS) is 27.2. The van der Waals surface area contributed by atoms with Crippen molar-refractivity contribution < 1.29 is 9.53 Å². The summed E-state index contributed by atoms with van der Waals surface area (Å²) in [7, 11) is 0. The van der Waals surface area contributed by atoms with Crippen LogP contribution in [0.3, 0.4) is 0 Å². The molecule has 1 heterocycles. The Bertz CT molecular complexity index is 523. The van der Waals surface area contributed by atoms with Gasteiger partial charge in [-0.2, -0.15) is 11.8 Å². The molecule has 0 bridgehead atoms. The monoisotopic (exact) mass is 320 g/mol. The molecule has 5 heteroatoms. The van der Waals surface area contributed by atoms with Crippen molar-refractivity contribution in [2.75, 3.05) is 18.2 Å². The maximum absolute atomic E-state index is 12.3. The first-order valence-electron chi connectivity index (χ1n) is 8.03. The summed E-state index contributed by atoms with van der Waals surface area (Å²) in [6, 6.07) is 8.20. The molecule has 1 aliphatic heterocycles. The Balaban J connectivity index is 1.56. The van der Waals surface area contributed by atoms with Gasteiger partial charge in [-0.3, -0.25) is 0 Å². The lowest BCUT2D eigenvalue weighted by molar-refractivity contribution is 0.0553. The summed E-state index contributed by atoms with van der Waals surface area (Å²) in [5.41, 5.74) is 2.09. The summed E-state index contributed by atoms with van der Waals surface area (Å²) in [5, 5.41) is 6.12. The number of rotatable bonds is 4. The largest absolute Gasteiger partial charge is 0.378 e. The maximum Gasteiger partial charge on any atom is 0.319 e. The van der Waals surface area contributed by atoms with Crippen molar-refractivity contribution in [2.24, 2.45) is 5.92 Å². The van der Waals surface area contributed by atoms with Crippen LogP contribution >= 0.6 is 11.8 Å². The standard InChI is InChI=1S/C17H24N2O2S/c1-22-11-12-4-2-5-13(10-12)18-17(20)19-15-6-3-7-16-14(15)8-9-21-16/h2,4-5,10,14-16H,3,6-9,11H2,1H3,(H2,18,19,20)/t14-,15+,16-/m0/s1. The van der Waals surface area contributed by atoms with Crippen molar-refractivity contribution in [3.05, 3.63) is 29.8 Å². The first-order valence-corrected chi connectivity index (χ1v) is 9.42. The predicted octanol–water partition coefficient (Wildman–Crippen LogP) is 3.63. The van der Waals surface area contributed by atoms with Gasteiger partial charge in [-0.15, -0.1) is 0 Å². The highest BCUT2D eigenvalue weighted by atomic mass is 32.2. The Morgan fingerprint density at radius 3 is 3.14 bits per heavy atom. The summed E-state index contributed by atoms with van der Waals surface area (Å²) >= 11 is 1.78. The Kier molecular flexibility index (Phi) is 5.26. The van der Waals surface area contributed by atoms with Gasteiger partial charge in [0.15, 0.2) is 0 Å². The van der Waals surface area contributed by atoms with Crippen LogP contribution in [0, 0.1) is 5.92 Å². The number of amides is 2. The molecule has 2 aliphatic rings. The molecule has 1 aliphatic carbocycles. The van der Waals surface area contributed by atoms with Crippen molar-refractivity contribution in [1.82, 2.24) is 5.32 Å². The number of thioether (sulfide) groups is 1. The predicted molar refractivity (Wildman–Crippen MR) is 91.3 cm³/mol. The van der Waals surface area contributed by atoms with E-state index in [1.165, 1.54) is 5.56 Å². The van der Waals surface area contributed by atoms with Gasteiger partial charge >= 0.3 is 6.03 Å². The highest BCUT2D eigenvalue weighted by molar-refractivity contribution is 7.97. The molecule has 2 fully saturated rings. The van der Waals surface area contributed by atoms with Gasteiger partial charge in [-0.1, -0.05) is 12.1 Å². The Morgan fingerprint density at radius 2 is 2.27 bits per heavy atom. The zero-order valence-electron chi connectivity index (χ0n) is 13.0. The third-order valence-corrected chi connectivity index (χ3v) is 5.22. The van der Waals surface area contributed by atoms with E-state index in [0.717, 1.165) is 43.7 Å². The summed E-state index contributed by atoms with van der Waals surface area (Å²) in [6.07, 6.45) is 6.83. The molecule has 2 amide bonds. The molecule has 0 spiro atoms. The number of ether oxygens (including phenoxy) is 1. The van der Waals surface area contributed by atoms with E-state index in [4.69, 9.17) is 4.74 Å². The topological polar surface area (TPSA) is 50.4 Å². The van der Waals surface area contributed by atoms with Crippen LogP contribution in [-0.4, -0.2) is 31.0 Å². The fraction of sp³-hybridized carbons (Fsp3) is 0.588. The third kappa shape index (κ3) is 3.76. The average Bonchev–Trinajstić information content (AvgIpc) is 2.97. The minimum Gasteiger partial charge on any atom is -0.378 e. The number of carbonyl (C=O) groups is 1. The molecule has 1 saturated heterocycles. The molecule has 1 saturated carbocycles. The van der Waals surface area contributed by atoms with Gasteiger partial charge < -0.3 is 15.4 Å². The van der Waals surface area contributed by atoms with E-state index in [1.807, 2.05) is 18.2 Å². The minimum absolute atomic E-state index is 0.0983. The summed E-state index contributed by atoms with van der Waals surface area (Å²) in [4.78, 5) is 12.3. The fourth-order valence-electron chi connectivity index (χ4n) is 3.60.